The third-order valence-corrected chi connectivity index (χ3v) is 2.01. The second kappa shape index (κ2) is 5.33. The zero-order valence-electron chi connectivity index (χ0n) is 11.4. The molecule has 2 heteroatoms. The molecule has 0 radical (unpaired) electrons. The van der Waals surface area contributed by atoms with E-state index in [9.17, 15) is 4.79 Å². The first-order valence-corrected chi connectivity index (χ1v) is 5.60. The summed E-state index contributed by atoms with van der Waals surface area (Å²) in [7, 11) is 0. The maximum Gasteiger partial charge on any atom is 0.334 e. The van der Waals surface area contributed by atoms with Crippen molar-refractivity contribution in [3.05, 3.63) is 24.3 Å². The van der Waals surface area contributed by atoms with Crippen LogP contribution in [0.5, 0.6) is 0 Å². The number of esters is 1. The summed E-state index contributed by atoms with van der Waals surface area (Å²) in [5.41, 5.74) is 0.280. The fourth-order valence-corrected chi connectivity index (χ4v) is 1.89. The molecule has 0 amide bonds. The van der Waals surface area contributed by atoms with Crippen LogP contribution in [0.4, 0.5) is 0 Å². The minimum atomic E-state index is -0.439. The van der Waals surface area contributed by atoms with Crippen molar-refractivity contribution in [1.29, 1.82) is 0 Å². The molecular weight excluding hydrogens is 200 g/mol. The van der Waals surface area contributed by atoms with Gasteiger partial charge < -0.3 is 4.74 Å². The van der Waals surface area contributed by atoms with E-state index in [0.29, 0.717) is 5.57 Å². The van der Waals surface area contributed by atoms with Crippen LogP contribution in [0, 0.1) is 5.41 Å². The zero-order valence-corrected chi connectivity index (χ0v) is 11.4. The highest BCUT2D eigenvalue weighted by Crippen LogP contribution is 2.29. The maximum atomic E-state index is 11.7. The number of ether oxygens (including phenoxy) is 1. The molecule has 0 unspecified atom stereocenters. The average molecular weight is 224 g/mol. The van der Waals surface area contributed by atoms with Crippen molar-refractivity contribution in [2.24, 2.45) is 5.41 Å². The van der Waals surface area contributed by atoms with E-state index in [1.54, 1.807) is 19.1 Å². The molecule has 0 N–H and O–H groups in total. The lowest BCUT2D eigenvalue weighted by Gasteiger charge is -2.32. The number of carbonyl (C=O) groups is 1. The molecule has 0 aliphatic heterocycles. The normalized spacial score (nSPS) is 13.5. The Kier molecular flexibility index (Phi) is 4.98. The Bertz CT molecular complexity index is 290. The molecule has 2 nitrogen and oxygen atoms in total. The zero-order chi connectivity index (χ0) is 13.0. The summed E-state index contributed by atoms with van der Waals surface area (Å²) in [5.74, 6) is -0.269. The maximum absolute atomic E-state index is 11.7. The van der Waals surface area contributed by atoms with E-state index >= 15 is 0 Å². The molecule has 92 valence electrons. The summed E-state index contributed by atoms with van der Waals surface area (Å²) < 4.78 is 5.47. The quantitative estimate of drug-likeness (QED) is 0.411. The fraction of sp³-hybridized carbons (Fsp3) is 0.643. The van der Waals surface area contributed by atoms with Crippen molar-refractivity contribution in [2.75, 3.05) is 0 Å². The second-order valence-electron chi connectivity index (χ2n) is 5.97. The van der Waals surface area contributed by atoms with E-state index in [2.05, 4.69) is 27.4 Å². The summed E-state index contributed by atoms with van der Waals surface area (Å²) in [6.45, 7) is 15.6. The van der Waals surface area contributed by atoms with E-state index in [4.69, 9.17) is 4.74 Å². The summed E-state index contributed by atoms with van der Waals surface area (Å²) in [5, 5.41) is 0. The van der Waals surface area contributed by atoms with Crippen LogP contribution < -0.4 is 0 Å². The van der Waals surface area contributed by atoms with Gasteiger partial charge in [0.1, 0.15) is 5.60 Å². The first kappa shape index (κ1) is 14.9. The van der Waals surface area contributed by atoms with E-state index in [1.807, 2.05) is 13.8 Å². The molecule has 0 bridgehead atoms. The predicted octanol–water partition coefficient (Wildman–Crippen LogP) is 3.88. The standard InChI is InChI=1S/C14H24O2/c1-8-9-11(2)12(15)16-14(6,7)10-13(3,4)5/h8-9H,1,10H2,2-7H3. The highest BCUT2D eigenvalue weighted by atomic mass is 16.6. The van der Waals surface area contributed by atoms with Crippen molar-refractivity contribution in [3.63, 3.8) is 0 Å². The van der Waals surface area contributed by atoms with Gasteiger partial charge in [-0.15, -0.1) is 0 Å². The lowest BCUT2D eigenvalue weighted by Crippen LogP contribution is -2.33. The van der Waals surface area contributed by atoms with Gasteiger partial charge in [-0.05, 0) is 32.6 Å². The monoisotopic (exact) mass is 224 g/mol. The van der Waals surface area contributed by atoms with Crippen LogP contribution in [0.1, 0.15) is 48.0 Å². The van der Waals surface area contributed by atoms with Crippen LogP contribution in [0.3, 0.4) is 0 Å². The minimum absolute atomic E-state index is 0.139. The van der Waals surface area contributed by atoms with Crippen molar-refractivity contribution in [3.8, 4) is 0 Å². The van der Waals surface area contributed by atoms with Crippen LogP contribution in [0.2, 0.25) is 0 Å². The Balaban J connectivity index is 4.54. The number of carbonyl (C=O) groups excluding carboxylic acids is 1. The van der Waals surface area contributed by atoms with Crippen molar-refractivity contribution in [2.45, 2.75) is 53.6 Å². The van der Waals surface area contributed by atoms with E-state index in [0.717, 1.165) is 6.42 Å². The van der Waals surface area contributed by atoms with Gasteiger partial charge in [0, 0.05) is 5.57 Å². The van der Waals surface area contributed by atoms with Gasteiger partial charge in [0.25, 0.3) is 0 Å². The molecule has 0 aliphatic carbocycles. The van der Waals surface area contributed by atoms with E-state index < -0.39 is 5.60 Å². The van der Waals surface area contributed by atoms with Crippen LogP contribution in [-0.4, -0.2) is 11.6 Å². The van der Waals surface area contributed by atoms with Gasteiger partial charge in [0.2, 0.25) is 0 Å². The molecule has 0 saturated heterocycles. The Morgan fingerprint density at radius 2 is 1.75 bits per heavy atom. The van der Waals surface area contributed by atoms with Gasteiger partial charge in [-0.3, -0.25) is 0 Å². The molecule has 0 saturated carbocycles. The molecule has 0 fully saturated rings. The van der Waals surface area contributed by atoms with Gasteiger partial charge in [0.05, 0.1) is 0 Å². The summed E-state index contributed by atoms with van der Waals surface area (Å²) in [4.78, 5) is 11.7. The molecule has 0 spiro atoms. The summed E-state index contributed by atoms with van der Waals surface area (Å²) >= 11 is 0. The highest BCUT2D eigenvalue weighted by molar-refractivity contribution is 5.88. The summed E-state index contributed by atoms with van der Waals surface area (Å²) in [6, 6.07) is 0. The molecule has 0 aromatic heterocycles. The van der Waals surface area contributed by atoms with Crippen LogP contribution in [-0.2, 0) is 9.53 Å². The van der Waals surface area contributed by atoms with Gasteiger partial charge in [-0.25, -0.2) is 4.79 Å². The van der Waals surface area contributed by atoms with Gasteiger partial charge in [-0.2, -0.15) is 0 Å². The number of hydrogen-bond acceptors (Lipinski definition) is 2. The topological polar surface area (TPSA) is 26.3 Å². The average Bonchev–Trinajstić information content (AvgIpc) is 1.98. The third kappa shape index (κ3) is 6.44. The van der Waals surface area contributed by atoms with Crippen LogP contribution >= 0.6 is 0 Å². The van der Waals surface area contributed by atoms with E-state index in [-0.39, 0.29) is 11.4 Å². The lowest BCUT2D eigenvalue weighted by molar-refractivity contribution is -0.153. The van der Waals surface area contributed by atoms with Gasteiger partial charge in [-0.1, -0.05) is 39.5 Å². The number of rotatable bonds is 4. The molecular formula is C14H24O2. The Hall–Kier alpha value is -1.05. The molecule has 16 heavy (non-hydrogen) atoms. The molecule has 0 aromatic carbocycles. The smallest absolute Gasteiger partial charge is 0.334 e. The minimum Gasteiger partial charge on any atom is -0.456 e. The Labute approximate surface area is 99.4 Å². The van der Waals surface area contributed by atoms with Gasteiger partial charge in [0.15, 0.2) is 0 Å². The number of allylic oxidation sites excluding steroid dienone is 2. The second-order valence-corrected chi connectivity index (χ2v) is 5.97. The predicted molar refractivity (Wildman–Crippen MR) is 68.2 cm³/mol. The third-order valence-electron chi connectivity index (χ3n) is 2.01. The van der Waals surface area contributed by atoms with Crippen molar-refractivity contribution in [1.82, 2.24) is 0 Å². The Morgan fingerprint density at radius 3 is 2.12 bits per heavy atom. The van der Waals surface area contributed by atoms with Crippen LogP contribution in [0.25, 0.3) is 0 Å². The first-order chi connectivity index (χ1) is 7.07. The van der Waals surface area contributed by atoms with Crippen molar-refractivity contribution >= 4 is 5.97 Å². The molecule has 0 aliphatic rings. The van der Waals surface area contributed by atoms with Gasteiger partial charge >= 0.3 is 5.97 Å². The Morgan fingerprint density at radius 1 is 1.25 bits per heavy atom. The van der Waals surface area contributed by atoms with Crippen LogP contribution in [0.15, 0.2) is 24.3 Å². The highest BCUT2D eigenvalue weighted by Gasteiger charge is 2.29. The molecule has 0 aromatic rings. The number of hydrogen-bond donors (Lipinski definition) is 0. The first-order valence-electron chi connectivity index (χ1n) is 5.60. The van der Waals surface area contributed by atoms with Crippen molar-refractivity contribution < 1.29 is 9.53 Å². The SMILES string of the molecule is C=CC=C(C)C(=O)OC(C)(C)CC(C)(C)C. The fourth-order valence-electron chi connectivity index (χ4n) is 1.89. The summed E-state index contributed by atoms with van der Waals surface area (Å²) in [6.07, 6.45) is 4.08. The molecule has 0 heterocycles. The molecule has 0 rings (SSSR count). The molecule has 0 atom stereocenters. The van der Waals surface area contributed by atoms with E-state index in [1.165, 1.54) is 0 Å². The largest absolute Gasteiger partial charge is 0.456 e. The lowest BCUT2D eigenvalue weighted by atomic mass is 9.83.